The van der Waals surface area contributed by atoms with E-state index in [1.165, 1.54) is 102 Å². The fraction of sp³-hybridized carbons (Fsp3) is 0.875. The minimum atomic E-state index is 0.281. The molecule has 1 atom stereocenters. The number of rotatable bonds is 14. The Kier molecular flexibility index (Phi) is 16.1. The molecule has 150 valence electrons. The number of hydrogen-bond acceptors (Lipinski definition) is 2. The van der Waals surface area contributed by atoms with Crippen LogP contribution in [0.1, 0.15) is 122 Å². The highest BCUT2D eigenvalue weighted by Crippen LogP contribution is 2.25. The van der Waals surface area contributed by atoms with Gasteiger partial charge in [-0.15, -0.1) is 0 Å². The Labute approximate surface area is 164 Å². The molecule has 0 N–H and O–H groups in total. The van der Waals surface area contributed by atoms with Crippen LogP contribution in [0.3, 0.4) is 0 Å². The van der Waals surface area contributed by atoms with Crippen molar-refractivity contribution in [2.45, 2.75) is 122 Å². The van der Waals surface area contributed by atoms with Gasteiger partial charge in [0.15, 0.2) is 0 Å². The first kappa shape index (κ1) is 23.5. The molecule has 1 aliphatic heterocycles. The van der Waals surface area contributed by atoms with Crippen molar-refractivity contribution in [2.75, 3.05) is 6.61 Å². The van der Waals surface area contributed by atoms with Crippen LogP contribution in [-0.2, 0) is 4.74 Å². The minimum absolute atomic E-state index is 0.281. The third kappa shape index (κ3) is 13.6. The molecule has 0 aromatic rings. The Morgan fingerprint density at radius 1 is 0.808 bits per heavy atom. The van der Waals surface area contributed by atoms with Crippen molar-refractivity contribution in [3.05, 3.63) is 13.0 Å². The van der Waals surface area contributed by atoms with Crippen LogP contribution in [0.2, 0.25) is 0 Å². The Balaban J connectivity index is 1.97. The molecule has 2 radical (unpaired) electrons. The number of ether oxygens (including phenoxy) is 1. The van der Waals surface area contributed by atoms with Crippen LogP contribution in [0.25, 0.3) is 0 Å². The molecule has 0 amide bonds. The molecule has 1 fully saturated rings. The van der Waals surface area contributed by atoms with Gasteiger partial charge in [0.05, 0.1) is 12.2 Å². The van der Waals surface area contributed by atoms with Gasteiger partial charge in [0.1, 0.15) is 0 Å². The predicted octanol–water partition coefficient (Wildman–Crippen LogP) is 7.93. The summed E-state index contributed by atoms with van der Waals surface area (Å²) in [5, 5.41) is 9.36. The van der Waals surface area contributed by atoms with Crippen molar-refractivity contribution in [1.82, 2.24) is 0 Å². The molecule has 0 saturated carbocycles. The van der Waals surface area contributed by atoms with Gasteiger partial charge in [-0.25, -0.2) is 0 Å². The summed E-state index contributed by atoms with van der Waals surface area (Å²) in [6.45, 7) is 4.82. The maximum Gasteiger partial charge on any atom is 0.0970 e. The molecule has 0 aromatic heterocycles. The quantitative estimate of drug-likeness (QED) is 0.294. The second kappa shape index (κ2) is 17.8. The lowest BCUT2D eigenvalue weighted by Crippen LogP contribution is -2.04. The summed E-state index contributed by atoms with van der Waals surface area (Å²) in [7, 11) is 0. The summed E-state index contributed by atoms with van der Waals surface area (Å²) in [6.07, 6.45) is 25.0. The van der Waals surface area contributed by atoms with Crippen LogP contribution in [0.15, 0.2) is 0 Å². The zero-order valence-corrected chi connectivity index (χ0v) is 17.3. The van der Waals surface area contributed by atoms with E-state index in [-0.39, 0.29) is 5.92 Å². The van der Waals surface area contributed by atoms with E-state index in [0.717, 1.165) is 32.3 Å². The molecule has 1 saturated heterocycles. The van der Waals surface area contributed by atoms with Gasteiger partial charge in [-0.05, 0) is 32.1 Å². The smallest absolute Gasteiger partial charge is 0.0970 e. The number of nitrogens with zero attached hydrogens (tertiary/aromatic N) is 1. The van der Waals surface area contributed by atoms with Crippen LogP contribution in [0.5, 0.6) is 0 Å². The molecule has 0 spiro atoms. The topological polar surface area (TPSA) is 33.0 Å². The normalized spacial score (nSPS) is 17.8. The predicted molar refractivity (Wildman–Crippen MR) is 111 cm³/mol. The largest absolute Gasteiger partial charge is 0.372 e. The molecule has 26 heavy (non-hydrogen) atoms. The molecule has 1 rings (SSSR count). The van der Waals surface area contributed by atoms with Crippen molar-refractivity contribution in [1.29, 1.82) is 5.26 Å². The van der Waals surface area contributed by atoms with Gasteiger partial charge in [0.25, 0.3) is 0 Å². The molecular formula is C24H43NO. The third-order valence-electron chi connectivity index (χ3n) is 5.65. The van der Waals surface area contributed by atoms with Gasteiger partial charge < -0.3 is 4.74 Å². The van der Waals surface area contributed by atoms with E-state index < -0.39 is 0 Å². The van der Waals surface area contributed by atoms with E-state index >= 15 is 0 Å². The highest BCUT2D eigenvalue weighted by molar-refractivity contribution is 4.83. The molecule has 0 aromatic carbocycles. The van der Waals surface area contributed by atoms with Crippen LogP contribution in [-0.4, -0.2) is 6.61 Å². The second-order valence-electron chi connectivity index (χ2n) is 8.09. The lowest BCUT2D eigenvalue weighted by Gasteiger charge is -2.15. The SMILES string of the molecule is [CH2]CCCCCCCCC(C#N)CCCCC[C]1CCCCCCCO1. The van der Waals surface area contributed by atoms with E-state index in [1.54, 1.807) is 0 Å². The first-order valence-corrected chi connectivity index (χ1v) is 11.5. The van der Waals surface area contributed by atoms with Gasteiger partial charge in [-0.1, -0.05) is 96.8 Å². The average Bonchev–Trinajstić information content (AvgIpc) is 2.79. The average molecular weight is 362 g/mol. The van der Waals surface area contributed by atoms with E-state index in [2.05, 4.69) is 13.0 Å². The second-order valence-corrected chi connectivity index (χ2v) is 8.09. The molecule has 0 bridgehead atoms. The first-order chi connectivity index (χ1) is 12.9. The highest BCUT2D eigenvalue weighted by atomic mass is 16.5. The fourth-order valence-electron chi connectivity index (χ4n) is 3.88. The Hall–Kier alpha value is -0.550. The van der Waals surface area contributed by atoms with Crippen molar-refractivity contribution in [3.63, 3.8) is 0 Å². The summed E-state index contributed by atoms with van der Waals surface area (Å²) in [5.74, 6) is 0.281. The lowest BCUT2D eigenvalue weighted by molar-refractivity contribution is 0.123. The van der Waals surface area contributed by atoms with E-state index in [4.69, 9.17) is 4.74 Å². The van der Waals surface area contributed by atoms with Gasteiger partial charge >= 0.3 is 0 Å². The zero-order chi connectivity index (χ0) is 18.7. The molecule has 1 unspecified atom stereocenters. The summed E-state index contributed by atoms with van der Waals surface area (Å²) in [6, 6.07) is 2.54. The zero-order valence-electron chi connectivity index (χ0n) is 17.3. The molecule has 2 heteroatoms. The van der Waals surface area contributed by atoms with Crippen LogP contribution in [0, 0.1) is 30.3 Å². The van der Waals surface area contributed by atoms with E-state index in [0.29, 0.717) is 0 Å². The van der Waals surface area contributed by atoms with Gasteiger partial charge in [0, 0.05) is 12.5 Å². The van der Waals surface area contributed by atoms with Crippen molar-refractivity contribution in [3.8, 4) is 6.07 Å². The Bertz CT molecular complexity index is 326. The van der Waals surface area contributed by atoms with Crippen LogP contribution >= 0.6 is 0 Å². The van der Waals surface area contributed by atoms with Crippen molar-refractivity contribution >= 4 is 0 Å². The molecule has 1 heterocycles. The summed E-state index contributed by atoms with van der Waals surface area (Å²) < 4.78 is 5.97. The van der Waals surface area contributed by atoms with E-state index in [9.17, 15) is 5.26 Å². The molecular weight excluding hydrogens is 318 g/mol. The lowest BCUT2D eigenvalue weighted by atomic mass is 9.95. The maximum absolute atomic E-state index is 9.36. The van der Waals surface area contributed by atoms with Crippen molar-refractivity contribution < 1.29 is 4.74 Å². The summed E-state index contributed by atoms with van der Waals surface area (Å²) in [5.41, 5.74) is 0. The summed E-state index contributed by atoms with van der Waals surface area (Å²) in [4.78, 5) is 0. The van der Waals surface area contributed by atoms with Gasteiger partial charge in [-0.3, -0.25) is 0 Å². The molecule has 2 nitrogen and oxygen atoms in total. The molecule has 1 aliphatic rings. The monoisotopic (exact) mass is 361 g/mol. The standard InChI is InChI=1S/C24H43NO/c1-2-3-4-5-6-8-12-17-23(22-25)18-13-11-15-20-24-19-14-9-7-10-16-21-26-24/h23H,1-21H2. The summed E-state index contributed by atoms with van der Waals surface area (Å²) >= 11 is 0. The number of unbranched alkanes of at least 4 members (excludes halogenated alkanes) is 8. The number of nitriles is 1. The minimum Gasteiger partial charge on any atom is -0.372 e. The van der Waals surface area contributed by atoms with Crippen molar-refractivity contribution in [2.24, 2.45) is 5.92 Å². The Morgan fingerprint density at radius 3 is 2.15 bits per heavy atom. The fourth-order valence-corrected chi connectivity index (χ4v) is 3.88. The first-order valence-electron chi connectivity index (χ1n) is 11.5. The number of hydrogen-bond donors (Lipinski definition) is 0. The van der Waals surface area contributed by atoms with Crippen LogP contribution < -0.4 is 0 Å². The maximum atomic E-state index is 9.36. The van der Waals surface area contributed by atoms with Gasteiger partial charge in [0.2, 0.25) is 0 Å². The van der Waals surface area contributed by atoms with E-state index in [1.807, 2.05) is 0 Å². The Morgan fingerprint density at radius 2 is 1.42 bits per heavy atom. The third-order valence-corrected chi connectivity index (χ3v) is 5.65. The molecule has 0 aliphatic carbocycles. The van der Waals surface area contributed by atoms with Gasteiger partial charge in [-0.2, -0.15) is 5.26 Å². The highest BCUT2D eigenvalue weighted by Gasteiger charge is 2.12. The van der Waals surface area contributed by atoms with Crippen LogP contribution in [0.4, 0.5) is 0 Å².